The normalized spacial score (nSPS) is 39.8. The first-order chi connectivity index (χ1) is 6.53. The van der Waals surface area contributed by atoms with Crippen LogP contribution in [0.15, 0.2) is 0 Å². The summed E-state index contributed by atoms with van der Waals surface area (Å²) >= 11 is 0. The van der Waals surface area contributed by atoms with Crippen LogP contribution in [0.25, 0.3) is 0 Å². The van der Waals surface area contributed by atoms with Crippen LogP contribution in [0.1, 0.15) is 39.5 Å². The summed E-state index contributed by atoms with van der Waals surface area (Å²) in [6.45, 7) is 3.83. The van der Waals surface area contributed by atoms with E-state index in [-0.39, 0.29) is 11.9 Å². The summed E-state index contributed by atoms with van der Waals surface area (Å²) in [7, 11) is 0. The lowest BCUT2D eigenvalue weighted by molar-refractivity contribution is -0.150. The van der Waals surface area contributed by atoms with E-state index < -0.39 is 11.0 Å². The standard InChI is InChI=1S/C11H15NO2/c1-10(2)8-5-3-4-6-11(8,7-12)9(13)14-10/h8H,3-6H2,1-2H3. The van der Waals surface area contributed by atoms with Gasteiger partial charge in [-0.05, 0) is 26.7 Å². The molecule has 1 saturated heterocycles. The molecule has 0 aromatic heterocycles. The highest BCUT2D eigenvalue weighted by Crippen LogP contribution is 2.53. The molecule has 76 valence electrons. The van der Waals surface area contributed by atoms with E-state index in [4.69, 9.17) is 4.74 Å². The Bertz CT molecular complexity index is 316. The third-order valence-corrected chi connectivity index (χ3v) is 3.67. The molecule has 1 aliphatic carbocycles. The van der Waals surface area contributed by atoms with Crippen molar-refractivity contribution in [2.24, 2.45) is 11.3 Å². The number of ether oxygens (including phenoxy) is 1. The summed E-state index contributed by atoms with van der Waals surface area (Å²) < 4.78 is 5.33. The lowest BCUT2D eigenvalue weighted by atomic mass is 9.64. The highest BCUT2D eigenvalue weighted by Gasteiger charge is 2.62. The second-order valence-corrected chi connectivity index (χ2v) is 4.87. The number of nitriles is 1. The first kappa shape index (κ1) is 9.51. The average molecular weight is 193 g/mol. The third-order valence-electron chi connectivity index (χ3n) is 3.67. The van der Waals surface area contributed by atoms with E-state index in [0.29, 0.717) is 6.42 Å². The smallest absolute Gasteiger partial charge is 0.327 e. The van der Waals surface area contributed by atoms with Gasteiger partial charge in [0, 0.05) is 5.92 Å². The van der Waals surface area contributed by atoms with Crippen molar-refractivity contribution in [3.05, 3.63) is 0 Å². The lowest BCUT2D eigenvalue weighted by Gasteiger charge is -2.34. The first-order valence-electron chi connectivity index (χ1n) is 5.18. The molecule has 3 heteroatoms. The Morgan fingerprint density at radius 3 is 2.79 bits per heavy atom. The van der Waals surface area contributed by atoms with Crippen molar-refractivity contribution in [1.29, 1.82) is 5.26 Å². The molecule has 2 aliphatic rings. The maximum atomic E-state index is 11.7. The monoisotopic (exact) mass is 193 g/mol. The summed E-state index contributed by atoms with van der Waals surface area (Å²) in [6, 6.07) is 2.21. The van der Waals surface area contributed by atoms with Gasteiger partial charge in [0.05, 0.1) is 6.07 Å². The molecule has 0 aromatic carbocycles. The molecule has 2 rings (SSSR count). The minimum absolute atomic E-state index is 0.0845. The molecule has 0 radical (unpaired) electrons. The Kier molecular flexibility index (Phi) is 1.85. The fraction of sp³-hybridized carbons (Fsp3) is 0.818. The van der Waals surface area contributed by atoms with Crippen molar-refractivity contribution < 1.29 is 9.53 Å². The van der Waals surface area contributed by atoms with E-state index in [0.717, 1.165) is 19.3 Å². The molecular weight excluding hydrogens is 178 g/mol. The molecule has 2 unspecified atom stereocenters. The van der Waals surface area contributed by atoms with Crippen molar-refractivity contribution in [3.63, 3.8) is 0 Å². The van der Waals surface area contributed by atoms with E-state index in [2.05, 4.69) is 6.07 Å². The number of hydrogen-bond acceptors (Lipinski definition) is 3. The second kappa shape index (κ2) is 2.73. The Morgan fingerprint density at radius 1 is 1.50 bits per heavy atom. The number of hydrogen-bond donors (Lipinski definition) is 0. The predicted octanol–water partition coefficient (Wildman–Crippen LogP) is 2.02. The second-order valence-electron chi connectivity index (χ2n) is 4.87. The number of rotatable bonds is 0. The maximum absolute atomic E-state index is 11.7. The molecule has 1 heterocycles. The average Bonchev–Trinajstić information content (AvgIpc) is 2.36. The molecule has 0 N–H and O–H groups in total. The third kappa shape index (κ3) is 1.00. The largest absolute Gasteiger partial charge is 0.458 e. The molecule has 1 aliphatic heterocycles. The Balaban J connectivity index is 2.44. The molecule has 2 atom stereocenters. The number of esters is 1. The van der Waals surface area contributed by atoms with Gasteiger partial charge in [-0.2, -0.15) is 5.26 Å². The van der Waals surface area contributed by atoms with Gasteiger partial charge in [-0.3, -0.25) is 4.79 Å². The van der Waals surface area contributed by atoms with Gasteiger partial charge in [-0.1, -0.05) is 12.8 Å². The minimum Gasteiger partial charge on any atom is -0.458 e. The summed E-state index contributed by atoms with van der Waals surface area (Å²) in [4.78, 5) is 11.7. The minimum atomic E-state index is -0.832. The molecule has 3 nitrogen and oxygen atoms in total. The van der Waals surface area contributed by atoms with Gasteiger partial charge in [-0.15, -0.1) is 0 Å². The van der Waals surface area contributed by atoms with Crippen LogP contribution in [0.2, 0.25) is 0 Å². The van der Waals surface area contributed by atoms with Crippen LogP contribution in [0.4, 0.5) is 0 Å². The fourth-order valence-corrected chi connectivity index (χ4v) is 2.94. The van der Waals surface area contributed by atoms with E-state index in [9.17, 15) is 10.1 Å². The first-order valence-corrected chi connectivity index (χ1v) is 5.18. The number of nitrogens with zero attached hydrogens (tertiary/aromatic N) is 1. The van der Waals surface area contributed by atoms with Gasteiger partial charge in [0.15, 0.2) is 5.41 Å². The van der Waals surface area contributed by atoms with Gasteiger partial charge in [0.25, 0.3) is 0 Å². The number of fused-ring (bicyclic) bond motifs is 1. The maximum Gasteiger partial charge on any atom is 0.327 e. The van der Waals surface area contributed by atoms with Gasteiger partial charge in [0.1, 0.15) is 5.60 Å². The molecule has 0 amide bonds. The van der Waals surface area contributed by atoms with Gasteiger partial charge in [0.2, 0.25) is 0 Å². The van der Waals surface area contributed by atoms with Gasteiger partial charge >= 0.3 is 5.97 Å². The molecule has 1 saturated carbocycles. The predicted molar refractivity (Wildman–Crippen MR) is 50.2 cm³/mol. The topological polar surface area (TPSA) is 50.1 Å². The highest BCUT2D eigenvalue weighted by molar-refractivity contribution is 5.83. The quantitative estimate of drug-likeness (QED) is 0.553. The molecule has 0 bridgehead atoms. The zero-order valence-corrected chi connectivity index (χ0v) is 8.67. The lowest BCUT2D eigenvalue weighted by Crippen LogP contribution is -2.39. The van der Waals surface area contributed by atoms with Gasteiger partial charge in [-0.25, -0.2) is 0 Å². The van der Waals surface area contributed by atoms with Crippen LogP contribution in [0.3, 0.4) is 0 Å². The highest BCUT2D eigenvalue weighted by atomic mass is 16.6. The zero-order chi connectivity index (χ0) is 10.4. The van der Waals surface area contributed by atoms with Crippen molar-refractivity contribution in [1.82, 2.24) is 0 Å². The molecular formula is C11H15NO2. The Labute approximate surface area is 84.0 Å². The van der Waals surface area contributed by atoms with Crippen LogP contribution in [0, 0.1) is 22.7 Å². The zero-order valence-electron chi connectivity index (χ0n) is 8.67. The van der Waals surface area contributed by atoms with Crippen LogP contribution in [0.5, 0.6) is 0 Å². The number of carbonyl (C=O) groups excluding carboxylic acids is 1. The Morgan fingerprint density at radius 2 is 2.21 bits per heavy atom. The van der Waals surface area contributed by atoms with E-state index >= 15 is 0 Å². The van der Waals surface area contributed by atoms with Crippen molar-refractivity contribution in [2.45, 2.75) is 45.1 Å². The molecule has 0 aromatic rings. The summed E-state index contributed by atoms with van der Waals surface area (Å²) in [5.74, 6) is -0.212. The van der Waals surface area contributed by atoms with Crippen molar-refractivity contribution in [3.8, 4) is 6.07 Å². The van der Waals surface area contributed by atoms with E-state index in [1.165, 1.54) is 0 Å². The Hall–Kier alpha value is -1.04. The van der Waals surface area contributed by atoms with Crippen LogP contribution < -0.4 is 0 Å². The molecule has 14 heavy (non-hydrogen) atoms. The van der Waals surface area contributed by atoms with Crippen LogP contribution in [-0.2, 0) is 9.53 Å². The summed E-state index contributed by atoms with van der Waals surface area (Å²) in [5, 5.41) is 9.20. The summed E-state index contributed by atoms with van der Waals surface area (Å²) in [6.07, 6.45) is 3.69. The van der Waals surface area contributed by atoms with Gasteiger partial charge < -0.3 is 4.74 Å². The summed E-state index contributed by atoms with van der Waals surface area (Å²) in [5.41, 5.74) is -1.28. The fourth-order valence-electron chi connectivity index (χ4n) is 2.94. The SMILES string of the molecule is CC1(C)OC(=O)C2(C#N)CCCCC12. The van der Waals surface area contributed by atoms with Crippen molar-refractivity contribution in [2.75, 3.05) is 0 Å². The van der Waals surface area contributed by atoms with E-state index in [1.54, 1.807) is 0 Å². The van der Waals surface area contributed by atoms with Crippen molar-refractivity contribution >= 4 is 5.97 Å². The van der Waals surface area contributed by atoms with Crippen LogP contribution in [-0.4, -0.2) is 11.6 Å². The molecule has 2 fully saturated rings. The molecule has 0 spiro atoms. The number of carbonyl (C=O) groups is 1. The van der Waals surface area contributed by atoms with E-state index in [1.807, 2.05) is 13.8 Å². The van der Waals surface area contributed by atoms with Crippen LogP contribution >= 0.6 is 0 Å². The number of cyclic esters (lactones) is 1.